The first-order valence-corrected chi connectivity index (χ1v) is 20.2. The van der Waals surface area contributed by atoms with E-state index in [4.69, 9.17) is 29.9 Å². The molecule has 0 N–H and O–H groups in total. The van der Waals surface area contributed by atoms with Crippen molar-refractivity contribution in [3.63, 3.8) is 0 Å². The van der Waals surface area contributed by atoms with E-state index in [1.807, 2.05) is 34.9 Å². The lowest BCUT2D eigenvalue weighted by molar-refractivity contribution is -0.0383. The summed E-state index contributed by atoms with van der Waals surface area (Å²) in [5, 5.41) is 0.274. The summed E-state index contributed by atoms with van der Waals surface area (Å²) in [6, 6.07) is 9.92. The topological polar surface area (TPSA) is 80.5 Å². The van der Waals surface area contributed by atoms with Gasteiger partial charge < -0.3 is 18.3 Å². The number of hydrogen-bond acceptors (Lipinski definition) is 7. The normalized spacial score (nSPS) is 20.8. The first kappa shape index (κ1) is 31.1. The molecule has 3 aromatic rings. The molecule has 0 radical (unpaired) electrons. The minimum absolute atomic E-state index is 0.0728. The lowest BCUT2D eigenvalue weighted by atomic mass is 10.2. The van der Waals surface area contributed by atoms with E-state index in [2.05, 4.69) is 82.7 Å². The van der Waals surface area contributed by atoms with E-state index >= 15 is 0 Å². The Kier molecular flexibility index (Phi) is 8.91. The van der Waals surface area contributed by atoms with Gasteiger partial charge in [0.15, 0.2) is 27.8 Å². The van der Waals surface area contributed by atoms with Gasteiger partial charge in [-0.05, 0) is 53.4 Å². The molecule has 8 nitrogen and oxygen atoms in total. The molecule has 11 heteroatoms. The van der Waals surface area contributed by atoms with Crippen LogP contribution in [0.25, 0.3) is 11.2 Å². The zero-order valence-electron chi connectivity index (χ0n) is 25.6. The van der Waals surface area contributed by atoms with Gasteiger partial charge in [-0.2, -0.15) is 9.97 Å². The van der Waals surface area contributed by atoms with Gasteiger partial charge in [-0.15, -0.1) is 0 Å². The van der Waals surface area contributed by atoms with E-state index in [1.54, 1.807) is 6.33 Å². The standard InChI is InChI=1S/C29H45ClN4O4Si2/c1-28(2,3)39(7,8)36-18-22-21(38-40(9,10)29(4,5)6)16-23(37-22)34-19-31-24-25(34)32-27(30)33-26(24)35-17-20-14-12-11-13-15-20/h11-15,19,21-23H,16-18H2,1-10H3/t21-,22+,23+/m0/s1. The highest BCUT2D eigenvalue weighted by Crippen LogP contribution is 2.43. The quantitative estimate of drug-likeness (QED) is 0.182. The Morgan fingerprint density at radius 3 is 2.25 bits per heavy atom. The van der Waals surface area contributed by atoms with Crippen LogP contribution in [0, 0.1) is 0 Å². The molecule has 1 aliphatic heterocycles. The first-order chi connectivity index (χ1) is 18.5. The van der Waals surface area contributed by atoms with Crippen LogP contribution in [0.3, 0.4) is 0 Å². The molecular weight excluding hydrogens is 560 g/mol. The SMILES string of the molecule is CC(C)(C)[Si](C)(C)OC[C@H]1O[C@@H](n2cnc3c(OCc4ccccc4)nc(Cl)nc32)C[C@@H]1O[Si](C)(C)C(C)(C)C. The third kappa shape index (κ3) is 6.79. The fraction of sp³-hybridized carbons (Fsp3) is 0.621. The third-order valence-corrected chi connectivity index (χ3v) is 17.9. The van der Waals surface area contributed by atoms with E-state index in [9.17, 15) is 0 Å². The minimum atomic E-state index is -2.07. The highest BCUT2D eigenvalue weighted by Gasteiger charge is 2.47. The van der Waals surface area contributed by atoms with Crippen LogP contribution in [0.15, 0.2) is 36.7 Å². The molecule has 40 heavy (non-hydrogen) atoms. The average Bonchev–Trinajstić information content (AvgIpc) is 3.44. The second kappa shape index (κ2) is 11.5. The molecule has 3 heterocycles. The highest BCUT2D eigenvalue weighted by atomic mass is 35.5. The predicted octanol–water partition coefficient (Wildman–Crippen LogP) is 7.76. The number of ether oxygens (including phenoxy) is 2. The predicted molar refractivity (Wildman–Crippen MR) is 165 cm³/mol. The number of nitrogens with zero attached hydrogens (tertiary/aromatic N) is 4. The molecule has 0 aliphatic carbocycles. The highest BCUT2D eigenvalue weighted by molar-refractivity contribution is 6.74. The van der Waals surface area contributed by atoms with Crippen molar-refractivity contribution in [1.29, 1.82) is 0 Å². The molecule has 0 amide bonds. The molecule has 2 aromatic heterocycles. The van der Waals surface area contributed by atoms with Crippen molar-refractivity contribution in [3.05, 3.63) is 47.5 Å². The van der Waals surface area contributed by atoms with Crippen molar-refractivity contribution in [2.45, 2.75) is 109 Å². The number of fused-ring (bicyclic) bond motifs is 1. The summed E-state index contributed by atoms with van der Waals surface area (Å²) >= 11 is 6.36. The van der Waals surface area contributed by atoms with Gasteiger partial charge in [-0.3, -0.25) is 4.57 Å². The summed E-state index contributed by atoms with van der Waals surface area (Å²) < 4.78 is 28.2. The maximum atomic E-state index is 6.93. The van der Waals surface area contributed by atoms with Gasteiger partial charge in [0.1, 0.15) is 18.9 Å². The Balaban J connectivity index is 1.61. The fourth-order valence-corrected chi connectivity index (χ4v) is 6.64. The van der Waals surface area contributed by atoms with Crippen LogP contribution < -0.4 is 4.74 Å². The van der Waals surface area contributed by atoms with Crippen LogP contribution >= 0.6 is 11.6 Å². The Morgan fingerprint density at radius 2 is 1.62 bits per heavy atom. The van der Waals surface area contributed by atoms with Crippen LogP contribution in [0.2, 0.25) is 41.5 Å². The van der Waals surface area contributed by atoms with Crippen molar-refractivity contribution < 1.29 is 18.3 Å². The average molecular weight is 605 g/mol. The fourth-order valence-electron chi connectivity index (χ4n) is 4.11. The molecule has 3 atom stereocenters. The second-order valence-corrected chi connectivity index (χ2v) is 23.7. The van der Waals surface area contributed by atoms with Crippen LogP contribution in [-0.2, 0) is 20.2 Å². The maximum absolute atomic E-state index is 6.93. The van der Waals surface area contributed by atoms with Gasteiger partial charge in [0.05, 0.1) is 19.0 Å². The largest absolute Gasteiger partial charge is 0.471 e. The minimum Gasteiger partial charge on any atom is -0.471 e. The van der Waals surface area contributed by atoms with Crippen molar-refractivity contribution >= 4 is 39.4 Å². The zero-order valence-corrected chi connectivity index (χ0v) is 28.4. The maximum Gasteiger partial charge on any atom is 0.247 e. The van der Waals surface area contributed by atoms with Crippen molar-refractivity contribution in [2.75, 3.05) is 6.61 Å². The van der Waals surface area contributed by atoms with E-state index in [1.165, 1.54) is 0 Å². The Labute approximate surface area is 246 Å². The Bertz CT molecular complexity index is 1310. The first-order valence-electron chi connectivity index (χ1n) is 14.0. The Hall–Kier alpha value is -1.83. The number of benzene rings is 1. The van der Waals surface area contributed by atoms with Crippen molar-refractivity contribution in [3.8, 4) is 5.88 Å². The Morgan fingerprint density at radius 1 is 0.975 bits per heavy atom. The zero-order chi connectivity index (χ0) is 29.5. The van der Waals surface area contributed by atoms with E-state index in [0.717, 1.165) is 5.56 Å². The molecule has 1 fully saturated rings. The van der Waals surface area contributed by atoms with Crippen LogP contribution in [0.1, 0.15) is 59.8 Å². The summed E-state index contributed by atoms with van der Waals surface area (Å²) in [5.41, 5.74) is 2.15. The van der Waals surface area contributed by atoms with Gasteiger partial charge >= 0.3 is 0 Å². The number of halogens is 1. The van der Waals surface area contributed by atoms with Crippen LogP contribution in [0.5, 0.6) is 5.88 Å². The third-order valence-electron chi connectivity index (χ3n) is 8.74. The van der Waals surface area contributed by atoms with Crippen molar-refractivity contribution in [2.24, 2.45) is 0 Å². The van der Waals surface area contributed by atoms with Gasteiger partial charge in [-0.25, -0.2) is 4.98 Å². The molecular formula is C29H45ClN4O4Si2. The van der Waals surface area contributed by atoms with Crippen LogP contribution in [-0.4, -0.2) is 55.0 Å². The number of aromatic nitrogens is 4. The molecule has 4 rings (SSSR count). The summed E-state index contributed by atoms with van der Waals surface area (Å²) in [6.45, 7) is 23.5. The lowest BCUT2D eigenvalue weighted by Gasteiger charge is -2.40. The summed E-state index contributed by atoms with van der Waals surface area (Å²) in [6.07, 6.45) is 1.73. The van der Waals surface area contributed by atoms with Crippen molar-refractivity contribution in [1.82, 2.24) is 19.5 Å². The van der Waals surface area contributed by atoms with Gasteiger partial charge in [0, 0.05) is 6.42 Å². The van der Waals surface area contributed by atoms with Gasteiger partial charge in [-0.1, -0.05) is 71.9 Å². The number of rotatable bonds is 9. The molecule has 1 aromatic carbocycles. The monoisotopic (exact) mass is 604 g/mol. The summed E-state index contributed by atoms with van der Waals surface area (Å²) in [5.74, 6) is 0.350. The molecule has 0 unspecified atom stereocenters. The summed E-state index contributed by atoms with van der Waals surface area (Å²) in [7, 11) is -4.05. The van der Waals surface area contributed by atoms with Gasteiger partial charge in [0.25, 0.3) is 0 Å². The summed E-state index contributed by atoms with van der Waals surface area (Å²) in [4.78, 5) is 13.5. The lowest BCUT2D eigenvalue weighted by Crippen LogP contribution is -2.48. The molecule has 1 aliphatic rings. The molecule has 1 saturated heterocycles. The number of hydrogen-bond donors (Lipinski definition) is 0. The molecule has 0 spiro atoms. The van der Waals surface area contributed by atoms with E-state index in [0.29, 0.717) is 36.7 Å². The second-order valence-electron chi connectivity index (χ2n) is 13.7. The van der Waals surface area contributed by atoms with E-state index < -0.39 is 16.6 Å². The smallest absolute Gasteiger partial charge is 0.247 e. The molecule has 0 bridgehead atoms. The number of imidazole rings is 1. The van der Waals surface area contributed by atoms with E-state index in [-0.39, 0.29) is 33.8 Å². The van der Waals surface area contributed by atoms with Crippen LogP contribution in [0.4, 0.5) is 0 Å². The van der Waals surface area contributed by atoms with Gasteiger partial charge in [0.2, 0.25) is 11.2 Å². The molecule has 0 saturated carbocycles. The molecule has 220 valence electrons.